The molecule has 2 aromatic rings. The lowest BCUT2D eigenvalue weighted by Crippen LogP contribution is -1.98. The molecule has 2 aromatic carbocycles. The third-order valence-electron chi connectivity index (χ3n) is 2.94. The van der Waals surface area contributed by atoms with Gasteiger partial charge in [-0.15, -0.1) is 0 Å². The van der Waals surface area contributed by atoms with E-state index in [-0.39, 0.29) is 0 Å². The van der Waals surface area contributed by atoms with Crippen LogP contribution in [-0.2, 0) is 18.0 Å². The third-order valence-corrected chi connectivity index (χ3v) is 2.94. The first kappa shape index (κ1) is 13.4. The Bertz CT molecular complexity index is 535. The Labute approximate surface area is 114 Å². The lowest BCUT2D eigenvalue weighted by molar-refractivity contribution is 0.105. The lowest BCUT2D eigenvalue weighted by Gasteiger charge is -2.10. The van der Waals surface area contributed by atoms with Crippen LogP contribution in [0.25, 0.3) is 0 Å². The van der Waals surface area contributed by atoms with Crippen molar-refractivity contribution < 1.29 is 9.47 Å². The molecule has 3 nitrogen and oxygen atoms in total. The zero-order chi connectivity index (χ0) is 13.7. The van der Waals surface area contributed by atoms with Gasteiger partial charge in [0.15, 0.2) is 0 Å². The van der Waals surface area contributed by atoms with Gasteiger partial charge >= 0.3 is 0 Å². The fourth-order valence-corrected chi connectivity index (χ4v) is 1.91. The highest BCUT2D eigenvalue weighted by Gasteiger charge is 2.03. The monoisotopic (exact) mass is 257 g/mol. The molecule has 0 unspecified atom stereocenters. The van der Waals surface area contributed by atoms with Crippen LogP contribution in [0, 0.1) is 6.92 Å². The molecule has 0 heterocycles. The third kappa shape index (κ3) is 3.73. The van der Waals surface area contributed by atoms with Crippen molar-refractivity contribution in [2.24, 2.45) is 0 Å². The van der Waals surface area contributed by atoms with E-state index < -0.39 is 0 Å². The molecule has 3 heteroatoms. The molecule has 0 aliphatic heterocycles. The maximum absolute atomic E-state index is 5.72. The first-order valence-electron chi connectivity index (χ1n) is 6.24. The summed E-state index contributed by atoms with van der Waals surface area (Å²) in [4.78, 5) is 0. The summed E-state index contributed by atoms with van der Waals surface area (Å²) in [6.07, 6.45) is 0. The van der Waals surface area contributed by atoms with Gasteiger partial charge in [-0.1, -0.05) is 29.8 Å². The molecule has 0 bridgehead atoms. The van der Waals surface area contributed by atoms with Crippen LogP contribution in [0.1, 0.15) is 16.7 Å². The van der Waals surface area contributed by atoms with Gasteiger partial charge in [-0.3, -0.25) is 0 Å². The Balaban J connectivity index is 1.95. The number of benzene rings is 2. The number of methoxy groups -OCH3 is 1. The smallest absolute Gasteiger partial charge is 0.124 e. The Hall–Kier alpha value is -2.00. The zero-order valence-corrected chi connectivity index (χ0v) is 11.3. The fourth-order valence-electron chi connectivity index (χ4n) is 1.91. The number of hydrogen-bond acceptors (Lipinski definition) is 3. The highest BCUT2D eigenvalue weighted by molar-refractivity contribution is 5.39. The summed E-state index contributed by atoms with van der Waals surface area (Å²) in [5.41, 5.74) is 9.79. The molecule has 0 aromatic heterocycles. The molecule has 0 aliphatic rings. The predicted molar refractivity (Wildman–Crippen MR) is 77.1 cm³/mol. The lowest BCUT2D eigenvalue weighted by atomic mass is 10.1. The van der Waals surface area contributed by atoms with Crippen molar-refractivity contribution in [3.8, 4) is 5.75 Å². The van der Waals surface area contributed by atoms with Crippen molar-refractivity contribution >= 4 is 5.69 Å². The largest absolute Gasteiger partial charge is 0.496 e. The molecular formula is C16H19NO2. The molecule has 0 saturated heterocycles. The molecule has 100 valence electrons. The standard InChI is InChI=1S/C16H19NO2/c1-12-3-8-16(18-2)14(9-12)11-19-10-13-4-6-15(17)7-5-13/h3-9H,10-11,17H2,1-2H3. The molecule has 0 aliphatic carbocycles. The predicted octanol–water partition coefficient (Wildman–Crippen LogP) is 3.30. The molecule has 19 heavy (non-hydrogen) atoms. The van der Waals surface area contributed by atoms with Crippen LogP contribution in [0.3, 0.4) is 0 Å². The molecule has 2 rings (SSSR count). The maximum atomic E-state index is 5.72. The Kier molecular flexibility index (Phi) is 4.42. The Morgan fingerprint density at radius 1 is 1.00 bits per heavy atom. The van der Waals surface area contributed by atoms with Gasteiger partial charge in [0, 0.05) is 11.3 Å². The van der Waals surface area contributed by atoms with Crippen LogP contribution < -0.4 is 10.5 Å². The second-order valence-electron chi connectivity index (χ2n) is 4.55. The van der Waals surface area contributed by atoms with Gasteiger partial charge in [0.1, 0.15) is 5.75 Å². The van der Waals surface area contributed by atoms with Crippen LogP contribution in [-0.4, -0.2) is 7.11 Å². The average molecular weight is 257 g/mol. The van der Waals surface area contributed by atoms with E-state index in [1.807, 2.05) is 36.4 Å². The number of ether oxygens (including phenoxy) is 2. The van der Waals surface area contributed by atoms with Gasteiger partial charge < -0.3 is 15.2 Å². The van der Waals surface area contributed by atoms with E-state index in [4.69, 9.17) is 15.2 Å². The Morgan fingerprint density at radius 3 is 2.42 bits per heavy atom. The number of nitrogens with two attached hydrogens (primary N) is 1. The minimum atomic E-state index is 0.537. The van der Waals surface area contributed by atoms with Gasteiger partial charge in [0.25, 0.3) is 0 Å². The number of hydrogen-bond donors (Lipinski definition) is 1. The van der Waals surface area contributed by atoms with E-state index in [9.17, 15) is 0 Å². The molecule has 0 atom stereocenters. The van der Waals surface area contributed by atoms with Gasteiger partial charge in [-0.05, 0) is 30.7 Å². The molecule has 0 saturated carbocycles. The van der Waals surface area contributed by atoms with Crippen molar-refractivity contribution in [3.63, 3.8) is 0 Å². The van der Waals surface area contributed by atoms with Gasteiger partial charge in [0.2, 0.25) is 0 Å². The van der Waals surface area contributed by atoms with E-state index in [1.165, 1.54) is 5.56 Å². The second kappa shape index (κ2) is 6.25. The number of aryl methyl sites for hydroxylation is 1. The van der Waals surface area contributed by atoms with Crippen LogP contribution in [0.4, 0.5) is 5.69 Å². The summed E-state index contributed by atoms with van der Waals surface area (Å²) in [7, 11) is 1.67. The highest BCUT2D eigenvalue weighted by atomic mass is 16.5. The van der Waals surface area contributed by atoms with Gasteiger partial charge in [-0.25, -0.2) is 0 Å². The maximum Gasteiger partial charge on any atom is 0.124 e. The molecule has 0 spiro atoms. The van der Waals surface area contributed by atoms with E-state index >= 15 is 0 Å². The van der Waals surface area contributed by atoms with Crippen molar-refractivity contribution in [2.75, 3.05) is 12.8 Å². The number of nitrogen functional groups attached to an aromatic ring is 1. The van der Waals surface area contributed by atoms with E-state index in [1.54, 1.807) is 7.11 Å². The topological polar surface area (TPSA) is 44.5 Å². The van der Waals surface area contributed by atoms with Crippen molar-refractivity contribution in [3.05, 3.63) is 59.2 Å². The number of rotatable bonds is 5. The van der Waals surface area contributed by atoms with E-state index in [2.05, 4.69) is 13.0 Å². The summed E-state index contributed by atoms with van der Waals surface area (Å²) < 4.78 is 11.0. The molecule has 0 fully saturated rings. The minimum absolute atomic E-state index is 0.537. The van der Waals surface area contributed by atoms with Crippen LogP contribution >= 0.6 is 0 Å². The first-order chi connectivity index (χ1) is 9.19. The highest BCUT2D eigenvalue weighted by Crippen LogP contribution is 2.21. The fraction of sp³-hybridized carbons (Fsp3) is 0.250. The van der Waals surface area contributed by atoms with Gasteiger partial charge in [-0.2, -0.15) is 0 Å². The van der Waals surface area contributed by atoms with Crippen LogP contribution in [0.15, 0.2) is 42.5 Å². The van der Waals surface area contributed by atoms with E-state index in [0.717, 1.165) is 22.6 Å². The van der Waals surface area contributed by atoms with Crippen molar-refractivity contribution in [1.82, 2.24) is 0 Å². The summed E-state index contributed by atoms with van der Waals surface area (Å²) in [6.45, 7) is 3.16. The number of anilines is 1. The van der Waals surface area contributed by atoms with Crippen molar-refractivity contribution in [1.29, 1.82) is 0 Å². The van der Waals surface area contributed by atoms with Crippen molar-refractivity contribution in [2.45, 2.75) is 20.1 Å². The molecule has 0 amide bonds. The van der Waals surface area contributed by atoms with Gasteiger partial charge in [0.05, 0.1) is 20.3 Å². The molecular weight excluding hydrogens is 238 g/mol. The summed E-state index contributed by atoms with van der Waals surface area (Å²) in [5, 5.41) is 0. The molecule has 0 radical (unpaired) electrons. The quantitative estimate of drug-likeness (QED) is 0.836. The summed E-state index contributed by atoms with van der Waals surface area (Å²) in [5.74, 6) is 0.864. The summed E-state index contributed by atoms with van der Waals surface area (Å²) in [6, 6.07) is 13.8. The van der Waals surface area contributed by atoms with Crippen LogP contribution in [0.2, 0.25) is 0 Å². The van der Waals surface area contributed by atoms with E-state index in [0.29, 0.717) is 13.2 Å². The van der Waals surface area contributed by atoms with Crippen LogP contribution in [0.5, 0.6) is 5.75 Å². The average Bonchev–Trinajstić information content (AvgIpc) is 2.41. The SMILES string of the molecule is COc1ccc(C)cc1COCc1ccc(N)cc1. The molecule has 2 N–H and O–H groups in total. The zero-order valence-electron chi connectivity index (χ0n) is 11.3. The second-order valence-corrected chi connectivity index (χ2v) is 4.55. The first-order valence-corrected chi connectivity index (χ1v) is 6.24. The minimum Gasteiger partial charge on any atom is -0.496 e. The summed E-state index contributed by atoms with van der Waals surface area (Å²) >= 11 is 0. The Morgan fingerprint density at radius 2 is 1.74 bits per heavy atom. The normalized spacial score (nSPS) is 10.4.